The van der Waals surface area contributed by atoms with Gasteiger partial charge in [-0.15, -0.1) is 0 Å². The van der Waals surface area contributed by atoms with Crippen molar-refractivity contribution < 1.29 is 17.9 Å². The number of hydrogen-bond donors (Lipinski definition) is 2. The molecule has 14 heavy (non-hydrogen) atoms. The molecule has 0 bridgehead atoms. The predicted octanol–water partition coefficient (Wildman–Crippen LogP) is 0.254. The molecule has 0 aromatic rings. The van der Waals surface area contributed by atoms with Gasteiger partial charge in [-0.05, 0) is 6.04 Å². The standard InChI is InChI=1S/C6H16N2O4SSi/c1-14(2,3)5-4-12-6(9)8-13(7,10)11/h4-5H2,1-3H3,(H,8,9)(H2,7,10,11). The molecule has 6 nitrogen and oxygen atoms in total. The highest BCUT2D eigenvalue weighted by atomic mass is 32.2. The summed E-state index contributed by atoms with van der Waals surface area (Å²) in [6, 6.07) is 0.783. The fourth-order valence-corrected chi connectivity index (χ4v) is 1.60. The van der Waals surface area contributed by atoms with Crippen molar-refractivity contribution in [1.29, 1.82) is 0 Å². The van der Waals surface area contributed by atoms with Gasteiger partial charge in [0.2, 0.25) is 0 Å². The van der Waals surface area contributed by atoms with Crippen molar-refractivity contribution in [3.63, 3.8) is 0 Å². The molecule has 0 aliphatic heterocycles. The Kier molecular flexibility index (Phi) is 4.55. The second-order valence-electron chi connectivity index (χ2n) is 4.09. The highest BCUT2D eigenvalue weighted by Gasteiger charge is 2.15. The maximum atomic E-state index is 10.8. The van der Waals surface area contributed by atoms with Gasteiger partial charge in [-0.2, -0.15) is 8.42 Å². The molecule has 0 saturated carbocycles. The van der Waals surface area contributed by atoms with Crippen LogP contribution in [0.4, 0.5) is 4.79 Å². The quantitative estimate of drug-likeness (QED) is 0.688. The summed E-state index contributed by atoms with van der Waals surface area (Å²) in [5, 5.41) is 4.56. The summed E-state index contributed by atoms with van der Waals surface area (Å²) >= 11 is 0. The van der Waals surface area contributed by atoms with E-state index in [9.17, 15) is 13.2 Å². The molecular weight excluding hydrogens is 224 g/mol. The van der Waals surface area contributed by atoms with E-state index in [1.54, 1.807) is 0 Å². The molecular formula is C6H16N2O4SSi. The maximum absolute atomic E-state index is 10.8. The van der Waals surface area contributed by atoms with E-state index in [0.717, 1.165) is 6.04 Å². The van der Waals surface area contributed by atoms with Crippen LogP contribution in [0.1, 0.15) is 0 Å². The zero-order chi connectivity index (χ0) is 11.4. The molecule has 0 saturated heterocycles. The molecule has 0 aliphatic rings. The minimum absolute atomic E-state index is 0.219. The van der Waals surface area contributed by atoms with Crippen LogP contribution in [0.25, 0.3) is 0 Å². The zero-order valence-corrected chi connectivity index (χ0v) is 10.3. The van der Waals surface area contributed by atoms with Crippen LogP contribution >= 0.6 is 0 Å². The summed E-state index contributed by atoms with van der Waals surface area (Å²) < 4.78 is 26.9. The van der Waals surface area contributed by atoms with E-state index < -0.39 is 24.4 Å². The number of ether oxygens (including phenoxy) is 1. The Hall–Kier alpha value is -0.603. The predicted molar refractivity (Wildman–Crippen MR) is 55.7 cm³/mol. The molecule has 84 valence electrons. The van der Waals surface area contributed by atoms with E-state index in [1.165, 1.54) is 4.72 Å². The van der Waals surface area contributed by atoms with Crippen LogP contribution in [0.3, 0.4) is 0 Å². The lowest BCUT2D eigenvalue weighted by molar-refractivity contribution is 0.158. The molecule has 0 spiro atoms. The van der Waals surface area contributed by atoms with Crippen LogP contribution < -0.4 is 9.86 Å². The van der Waals surface area contributed by atoms with Crippen LogP contribution in [-0.2, 0) is 14.9 Å². The van der Waals surface area contributed by atoms with Crippen molar-refractivity contribution in [1.82, 2.24) is 4.72 Å². The number of nitrogens with one attached hydrogen (secondary N) is 1. The molecule has 0 unspecified atom stereocenters. The van der Waals surface area contributed by atoms with Crippen LogP contribution in [0.5, 0.6) is 0 Å². The lowest BCUT2D eigenvalue weighted by atomic mass is 10.8. The lowest BCUT2D eigenvalue weighted by Crippen LogP contribution is -2.37. The van der Waals surface area contributed by atoms with E-state index in [0.29, 0.717) is 0 Å². The summed E-state index contributed by atoms with van der Waals surface area (Å²) in [5.74, 6) is 0. The van der Waals surface area contributed by atoms with Gasteiger partial charge in [0.05, 0.1) is 6.61 Å². The first-order valence-corrected chi connectivity index (χ1v) is 9.33. The van der Waals surface area contributed by atoms with E-state index in [-0.39, 0.29) is 6.61 Å². The van der Waals surface area contributed by atoms with Crippen LogP contribution in [0.2, 0.25) is 25.7 Å². The Labute approximate surface area is 85.0 Å². The Bertz CT molecular complexity index is 295. The van der Waals surface area contributed by atoms with Crippen molar-refractivity contribution in [3.05, 3.63) is 0 Å². The average Bonchev–Trinajstić information content (AvgIpc) is 1.78. The van der Waals surface area contributed by atoms with Gasteiger partial charge in [-0.25, -0.2) is 14.7 Å². The third kappa shape index (κ3) is 9.48. The lowest BCUT2D eigenvalue weighted by Gasteiger charge is -2.14. The van der Waals surface area contributed by atoms with Crippen LogP contribution in [-0.4, -0.2) is 29.2 Å². The number of nitrogens with two attached hydrogens (primary N) is 1. The largest absolute Gasteiger partial charge is 0.449 e. The van der Waals surface area contributed by atoms with Crippen molar-refractivity contribution in [2.75, 3.05) is 6.61 Å². The van der Waals surface area contributed by atoms with E-state index in [1.807, 2.05) is 0 Å². The molecule has 8 heteroatoms. The van der Waals surface area contributed by atoms with Crippen LogP contribution in [0.15, 0.2) is 0 Å². The third-order valence-corrected chi connectivity index (χ3v) is 3.47. The summed E-state index contributed by atoms with van der Waals surface area (Å²) in [6.07, 6.45) is -1.02. The first-order valence-electron chi connectivity index (χ1n) is 4.07. The molecule has 0 aliphatic carbocycles. The van der Waals surface area contributed by atoms with Gasteiger partial charge in [0.15, 0.2) is 0 Å². The van der Waals surface area contributed by atoms with Gasteiger partial charge in [-0.1, -0.05) is 19.6 Å². The molecule has 1 amide bonds. The van der Waals surface area contributed by atoms with E-state index in [2.05, 4.69) is 29.5 Å². The first kappa shape index (κ1) is 13.4. The Morgan fingerprint density at radius 1 is 1.43 bits per heavy atom. The number of amides is 1. The highest BCUT2D eigenvalue weighted by Crippen LogP contribution is 2.07. The highest BCUT2D eigenvalue weighted by molar-refractivity contribution is 7.87. The third-order valence-electron chi connectivity index (χ3n) is 1.31. The number of carbonyl (C=O) groups is 1. The van der Waals surface area contributed by atoms with E-state index in [4.69, 9.17) is 0 Å². The van der Waals surface area contributed by atoms with Crippen molar-refractivity contribution in [2.24, 2.45) is 5.14 Å². The normalized spacial score (nSPS) is 12.3. The summed E-state index contributed by atoms with van der Waals surface area (Å²) in [6.45, 7) is 6.58. The van der Waals surface area contributed by atoms with Gasteiger partial charge in [0.25, 0.3) is 0 Å². The number of hydrogen-bond acceptors (Lipinski definition) is 4. The average molecular weight is 240 g/mol. The second kappa shape index (κ2) is 4.76. The van der Waals surface area contributed by atoms with E-state index >= 15 is 0 Å². The molecule has 0 radical (unpaired) electrons. The number of carbonyl (C=O) groups excluding carboxylic acids is 1. The molecule has 0 aromatic carbocycles. The zero-order valence-electron chi connectivity index (χ0n) is 8.53. The topological polar surface area (TPSA) is 98.5 Å². The Morgan fingerprint density at radius 2 is 1.93 bits per heavy atom. The number of rotatable bonds is 4. The second-order valence-corrected chi connectivity index (χ2v) is 11.0. The SMILES string of the molecule is C[Si](C)(C)CCOC(=O)NS(N)(=O)=O. The first-order chi connectivity index (χ1) is 6.10. The summed E-state index contributed by atoms with van der Waals surface area (Å²) in [5.41, 5.74) is 0. The smallest absolute Gasteiger partial charge is 0.421 e. The van der Waals surface area contributed by atoms with Gasteiger partial charge in [-0.3, -0.25) is 0 Å². The Balaban J connectivity index is 3.77. The molecule has 0 rings (SSSR count). The van der Waals surface area contributed by atoms with Crippen molar-refractivity contribution >= 4 is 24.4 Å². The van der Waals surface area contributed by atoms with Gasteiger partial charge in [0.1, 0.15) is 0 Å². The van der Waals surface area contributed by atoms with Crippen LogP contribution in [0, 0.1) is 0 Å². The summed E-state index contributed by atoms with van der Waals surface area (Å²) in [4.78, 5) is 10.8. The molecule has 0 fully saturated rings. The van der Waals surface area contributed by atoms with Gasteiger partial charge in [0, 0.05) is 8.07 Å². The monoisotopic (exact) mass is 240 g/mol. The molecule has 0 atom stereocenters. The van der Waals surface area contributed by atoms with Gasteiger partial charge >= 0.3 is 16.3 Å². The Morgan fingerprint density at radius 3 is 2.29 bits per heavy atom. The fourth-order valence-electron chi connectivity index (χ4n) is 0.596. The van der Waals surface area contributed by atoms with Crippen molar-refractivity contribution in [3.8, 4) is 0 Å². The molecule has 3 N–H and O–H groups in total. The van der Waals surface area contributed by atoms with Crippen molar-refractivity contribution in [2.45, 2.75) is 25.7 Å². The minimum Gasteiger partial charge on any atom is -0.449 e. The molecule has 0 heterocycles. The molecule has 0 aromatic heterocycles. The fraction of sp³-hybridized carbons (Fsp3) is 0.833. The van der Waals surface area contributed by atoms with Gasteiger partial charge < -0.3 is 4.74 Å². The maximum Gasteiger partial charge on any atom is 0.421 e. The minimum atomic E-state index is -4.00. The summed E-state index contributed by atoms with van der Waals surface area (Å²) in [7, 11) is -5.27.